The van der Waals surface area contributed by atoms with Crippen LogP contribution in [0.25, 0.3) is 5.78 Å². The van der Waals surface area contributed by atoms with Gasteiger partial charge in [0.15, 0.2) is 5.82 Å². The van der Waals surface area contributed by atoms with E-state index >= 15 is 0 Å². The molecule has 0 aliphatic heterocycles. The maximum Gasteiger partial charge on any atom is 0.254 e. The van der Waals surface area contributed by atoms with Crippen molar-refractivity contribution in [3.63, 3.8) is 0 Å². The molecular formula is C17H18ClN5O. The van der Waals surface area contributed by atoms with Crippen LogP contribution in [0.4, 0.5) is 11.5 Å². The lowest BCUT2D eigenvalue weighted by molar-refractivity contribution is 0.415. The molecule has 24 heavy (non-hydrogen) atoms. The van der Waals surface area contributed by atoms with Crippen LogP contribution in [0.2, 0.25) is 5.02 Å². The first-order valence-electron chi connectivity index (χ1n) is 8.07. The molecule has 0 fully saturated rings. The van der Waals surface area contributed by atoms with Crippen molar-refractivity contribution in [2.24, 2.45) is 0 Å². The monoisotopic (exact) mass is 343 g/mol. The Morgan fingerprint density at radius 2 is 2.17 bits per heavy atom. The maximum absolute atomic E-state index is 6.25. The third-order valence-electron chi connectivity index (χ3n) is 4.29. The predicted octanol–water partition coefficient (Wildman–Crippen LogP) is 3.58. The van der Waals surface area contributed by atoms with Crippen LogP contribution in [-0.4, -0.2) is 26.7 Å². The maximum atomic E-state index is 6.25. The van der Waals surface area contributed by atoms with Crippen molar-refractivity contribution in [3.8, 4) is 5.75 Å². The van der Waals surface area contributed by atoms with E-state index in [4.69, 9.17) is 16.3 Å². The zero-order valence-electron chi connectivity index (χ0n) is 13.6. The molecule has 0 atom stereocenters. The van der Waals surface area contributed by atoms with E-state index in [2.05, 4.69) is 20.4 Å². The summed E-state index contributed by atoms with van der Waals surface area (Å²) in [5.41, 5.74) is 3.21. The number of fused-ring (bicyclic) bond motifs is 2. The predicted molar refractivity (Wildman–Crippen MR) is 93.5 cm³/mol. The highest BCUT2D eigenvalue weighted by molar-refractivity contribution is 6.32. The van der Waals surface area contributed by atoms with Gasteiger partial charge < -0.3 is 10.1 Å². The lowest BCUT2D eigenvalue weighted by Gasteiger charge is -2.13. The van der Waals surface area contributed by atoms with E-state index in [-0.39, 0.29) is 0 Å². The van der Waals surface area contributed by atoms with E-state index in [0.717, 1.165) is 48.7 Å². The van der Waals surface area contributed by atoms with Gasteiger partial charge in [0.1, 0.15) is 11.6 Å². The number of ether oxygens (including phenoxy) is 1. The standard InChI is InChI=1S/C17H18ClN5O/c1-3-15-21-17-20-13-6-4-5-11(13)16(23(17)22-15)19-10-7-8-14(24-2)12(18)9-10/h7-9,19H,3-6H2,1-2H3. The van der Waals surface area contributed by atoms with Crippen LogP contribution in [0.15, 0.2) is 18.2 Å². The molecule has 0 radical (unpaired) electrons. The number of aromatic nitrogens is 4. The van der Waals surface area contributed by atoms with E-state index < -0.39 is 0 Å². The van der Waals surface area contributed by atoms with E-state index in [1.807, 2.05) is 25.1 Å². The van der Waals surface area contributed by atoms with Crippen LogP contribution < -0.4 is 10.1 Å². The number of aryl methyl sites for hydroxylation is 2. The van der Waals surface area contributed by atoms with Crippen LogP contribution in [-0.2, 0) is 19.3 Å². The molecule has 7 heteroatoms. The molecule has 0 saturated heterocycles. The quantitative estimate of drug-likeness (QED) is 0.784. The molecule has 1 N–H and O–H groups in total. The number of hydrogen-bond acceptors (Lipinski definition) is 5. The second kappa shape index (κ2) is 5.94. The van der Waals surface area contributed by atoms with Crippen LogP contribution in [0, 0.1) is 0 Å². The summed E-state index contributed by atoms with van der Waals surface area (Å²) in [7, 11) is 1.61. The van der Waals surface area contributed by atoms with Crippen LogP contribution in [0.5, 0.6) is 5.75 Å². The summed E-state index contributed by atoms with van der Waals surface area (Å²) in [6.07, 6.45) is 3.86. The molecule has 4 rings (SSSR count). The molecule has 2 aromatic heterocycles. The Hall–Kier alpha value is -2.34. The van der Waals surface area contributed by atoms with Crippen molar-refractivity contribution < 1.29 is 4.74 Å². The Kier molecular flexibility index (Phi) is 3.76. The number of rotatable bonds is 4. The minimum absolute atomic E-state index is 0.567. The second-order valence-electron chi connectivity index (χ2n) is 5.81. The van der Waals surface area contributed by atoms with E-state index in [0.29, 0.717) is 16.5 Å². The second-order valence-corrected chi connectivity index (χ2v) is 6.21. The molecule has 0 bridgehead atoms. The molecule has 6 nitrogen and oxygen atoms in total. The SMILES string of the molecule is CCc1nc2nc3c(c(Nc4ccc(OC)c(Cl)c4)n2n1)CCC3. The zero-order chi connectivity index (χ0) is 16.7. The Morgan fingerprint density at radius 3 is 2.92 bits per heavy atom. The smallest absolute Gasteiger partial charge is 0.254 e. The summed E-state index contributed by atoms with van der Waals surface area (Å²) in [6.45, 7) is 2.04. The number of nitrogens with zero attached hydrogens (tertiary/aromatic N) is 4. The Labute approximate surface area is 144 Å². The number of benzene rings is 1. The first-order valence-corrected chi connectivity index (χ1v) is 8.45. The van der Waals surface area contributed by atoms with Gasteiger partial charge in [-0.1, -0.05) is 18.5 Å². The first kappa shape index (κ1) is 15.2. The van der Waals surface area contributed by atoms with Gasteiger partial charge in [0, 0.05) is 17.7 Å². The Bertz CT molecular complexity index is 921. The lowest BCUT2D eigenvalue weighted by Crippen LogP contribution is -2.07. The Morgan fingerprint density at radius 1 is 1.29 bits per heavy atom. The van der Waals surface area contributed by atoms with E-state index in [9.17, 15) is 0 Å². The Balaban J connectivity index is 1.83. The fraction of sp³-hybridized carbons (Fsp3) is 0.353. The van der Waals surface area contributed by atoms with Gasteiger partial charge in [-0.25, -0.2) is 4.98 Å². The molecule has 2 heterocycles. The lowest BCUT2D eigenvalue weighted by atomic mass is 10.2. The molecule has 124 valence electrons. The van der Waals surface area contributed by atoms with Crippen molar-refractivity contribution in [2.75, 3.05) is 12.4 Å². The van der Waals surface area contributed by atoms with Gasteiger partial charge in [0.05, 0.1) is 17.8 Å². The van der Waals surface area contributed by atoms with Gasteiger partial charge in [0.2, 0.25) is 0 Å². The van der Waals surface area contributed by atoms with Crippen LogP contribution in [0.1, 0.15) is 30.4 Å². The zero-order valence-corrected chi connectivity index (χ0v) is 14.4. The van der Waals surface area contributed by atoms with Crippen LogP contribution in [0.3, 0.4) is 0 Å². The van der Waals surface area contributed by atoms with Crippen molar-refractivity contribution in [2.45, 2.75) is 32.6 Å². The van der Waals surface area contributed by atoms with E-state index in [1.165, 1.54) is 5.56 Å². The summed E-state index contributed by atoms with van der Waals surface area (Å²) in [5.74, 6) is 3.03. The fourth-order valence-corrected chi connectivity index (χ4v) is 3.34. The summed E-state index contributed by atoms with van der Waals surface area (Å²) in [4.78, 5) is 9.19. The first-order chi connectivity index (χ1) is 11.7. The van der Waals surface area contributed by atoms with Gasteiger partial charge in [-0.2, -0.15) is 9.50 Å². The molecule has 1 aromatic carbocycles. The summed E-state index contributed by atoms with van der Waals surface area (Å²) >= 11 is 6.25. The topological polar surface area (TPSA) is 64.3 Å². The highest BCUT2D eigenvalue weighted by Gasteiger charge is 2.22. The summed E-state index contributed by atoms with van der Waals surface area (Å²) in [6, 6.07) is 5.64. The minimum Gasteiger partial charge on any atom is -0.495 e. The molecule has 0 spiro atoms. The fourth-order valence-electron chi connectivity index (χ4n) is 3.08. The molecule has 3 aromatic rings. The van der Waals surface area contributed by atoms with Gasteiger partial charge >= 0.3 is 0 Å². The number of hydrogen-bond donors (Lipinski definition) is 1. The summed E-state index contributed by atoms with van der Waals surface area (Å²) in [5, 5.41) is 8.61. The van der Waals surface area contributed by atoms with Crippen molar-refractivity contribution in [3.05, 3.63) is 40.3 Å². The number of halogens is 1. The normalized spacial score (nSPS) is 13.3. The number of methoxy groups -OCH3 is 1. The molecular weight excluding hydrogens is 326 g/mol. The van der Waals surface area contributed by atoms with Gasteiger partial charge in [0.25, 0.3) is 5.78 Å². The molecule has 1 aliphatic carbocycles. The van der Waals surface area contributed by atoms with E-state index in [1.54, 1.807) is 11.6 Å². The van der Waals surface area contributed by atoms with Crippen LogP contribution >= 0.6 is 11.6 Å². The van der Waals surface area contributed by atoms with Crippen molar-refractivity contribution in [1.82, 2.24) is 19.6 Å². The molecule has 0 unspecified atom stereocenters. The molecule has 0 amide bonds. The number of anilines is 2. The summed E-state index contributed by atoms with van der Waals surface area (Å²) < 4.78 is 7.02. The number of nitrogens with one attached hydrogen (secondary N) is 1. The third-order valence-corrected chi connectivity index (χ3v) is 4.58. The highest BCUT2D eigenvalue weighted by atomic mass is 35.5. The van der Waals surface area contributed by atoms with Crippen molar-refractivity contribution >= 4 is 28.9 Å². The largest absolute Gasteiger partial charge is 0.495 e. The average Bonchev–Trinajstić information content (AvgIpc) is 3.21. The van der Waals surface area contributed by atoms with Gasteiger partial charge in [-0.15, -0.1) is 5.10 Å². The highest BCUT2D eigenvalue weighted by Crippen LogP contribution is 2.33. The molecule has 0 saturated carbocycles. The average molecular weight is 344 g/mol. The molecule has 1 aliphatic rings. The van der Waals surface area contributed by atoms with Gasteiger partial charge in [-0.05, 0) is 37.5 Å². The van der Waals surface area contributed by atoms with Gasteiger partial charge in [-0.3, -0.25) is 0 Å². The minimum atomic E-state index is 0.567. The van der Waals surface area contributed by atoms with Crippen molar-refractivity contribution in [1.29, 1.82) is 0 Å². The third kappa shape index (κ3) is 2.47.